The molecule has 0 fully saturated rings. The van der Waals surface area contributed by atoms with E-state index in [2.05, 4.69) is 42.8 Å². The van der Waals surface area contributed by atoms with Gasteiger partial charge in [0.1, 0.15) is 0 Å². The van der Waals surface area contributed by atoms with E-state index in [9.17, 15) is 0 Å². The van der Waals surface area contributed by atoms with Crippen LogP contribution in [0.2, 0.25) is 0 Å². The van der Waals surface area contributed by atoms with Crippen molar-refractivity contribution in [2.24, 2.45) is 0 Å². The third-order valence-electron chi connectivity index (χ3n) is 3.04. The number of rotatable bonds is 0. The molecule has 1 aromatic heterocycles. The lowest BCUT2D eigenvalue weighted by molar-refractivity contribution is 1.32. The van der Waals surface area contributed by atoms with Crippen molar-refractivity contribution >= 4 is 12.2 Å². The van der Waals surface area contributed by atoms with Crippen molar-refractivity contribution in [3.8, 4) is 11.1 Å². The van der Waals surface area contributed by atoms with Crippen LogP contribution in [0, 0.1) is 0 Å². The van der Waals surface area contributed by atoms with Crippen LogP contribution in [-0.2, 0) is 0 Å². The minimum atomic E-state index is 1.10. The maximum atomic E-state index is 4.19. The molecule has 0 saturated heterocycles. The number of nitrogens with zero attached hydrogens (tertiary/aromatic N) is 1. The number of benzene rings is 1. The van der Waals surface area contributed by atoms with E-state index in [1.807, 2.05) is 12.4 Å². The Labute approximate surface area is 88.4 Å². The van der Waals surface area contributed by atoms with E-state index in [0.717, 1.165) is 5.22 Å². The number of aromatic nitrogens is 1. The minimum absolute atomic E-state index is 1.10. The van der Waals surface area contributed by atoms with Gasteiger partial charge in [-0.15, -0.1) is 0 Å². The molecule has 1 aliphatic rings. The van der Waals surface area contributed by atoms with Crippen molar-refractivity contribution in [1.29, 1.82) is 0 Å². The second-order valence-electron chi connectivity index (χ2n) is 3.89. The van der Waals surface area contributed by atoms with Gasteiger partial charge < -0.3 is 0 Å². The van der Waals surface area contributed by atoms with E-state index in [-0.39, 0.29) is 0 Å². The summed E-state index contributed by atoms with van der Waals surface area (Å²) in [6, 6.07) is 8.32. The largest absolute Gasteiger partial charge is 0.264 e. The number of hydrogen-bond donors (Lipinski definition) is 0. The Morgan fingerprint density at radius 2 is 1.93 bits per heavy atom. The van der Waals surface area contributed by atoms with Gasteiger partial charge in [-0.3, -0.25) is 4.98 Å². The molecule has 1 heteroatoms. The standard InChI is InChI=1S/C14H11N/c1-9-4-3-5-12-13-8-15-7-6-11(13)10(2)14(9)12/h3-8H,1H2,2H3. The Hall–Kier alpha value is -1.89. The summed E-state index contributed by atoms with van der Waals surface area (Å²) in [6.45, 7) is 6.24. The zero-order valence-corrected chi connectivity index (χ0v) is 8.62. The van der Waals surface area contributed by atoms with E-state index < -0.39 is 0 Å². The summed E-state index contributed by atoms with van der Waals surface area (Å²) in [5, 5.41) is 2.38. The highest BCUT2D eigenvalue weighted by molar-refractivity contribution is 5.88. The topological polar surface area (TPSA) is 12.9 Å². The number of pyridine rings is 1. The van der Waals surface area contributed by atoms with Gasteiger partial charge in [0.05, 0.1) is 0 Å². The lowest BCUT2D eigenvalue weighted by atomic mass is 10.1. The smallest absolute Gasteiger partial charge is 0.0352 e. The summed E-state index contributed by atoms with van der Waals surface area (Å²) in [4.78, 5) is 4.19. The molecule has 1 aliphatic carbocycles. The molecule has 0 amide bonds. The Kier molecular flexibility index (Phi) is 1.57. The molecule has 72 valence electrons. The monoisotopic (exact) mass is 193 g/mol. The summed E-state index contributed by atoms with van der Waals surface area (Å²) < 4.78 is 0. The Bertz CT molecular complexity index is 653. The van der Waals surface area contributed by atoms with Crippen molar-refractivity contribution in [1.82, 2.24) is 4.98 Å². The van der Waals surface area contributed by atoms with Crippen LogP contribution >= 0.6 is 0 Å². The second-order valence-corrected chi connectivity index (χ2v) is 3.89. The zero-order chi connectivity index (χ0) is 10.4. The van der Waals surface area contributed by atoms with Crippen molar-refractivity contribution < 1.29 is 0 Å². The highest BCUT2D eigenvalue weighted by atomic mass is 14.6. The van der Waals surface area contributed by atoms with Gasteiger partial charge in [0, 0.05) is 18.0 Å². The predicted octanol–water partition coefficient (Wildman–Crippen LogP) is 1.69. The second kappa shape index (κ2) is 2.80. The van der Waals surface area contributed by atoms with E-state index in [1.54, 1.807) is 0 Å². The number of fused-ring (bicyclic) bond motifs is 3. The van der Waals surface area contributed by atoms with Crippen LogP contribution in [0.15, 0.2) is 36.7 Å². The average molecular weight is 193 g/mol. The van der Waals surface area contributed by atoms with E-state index in [1.165, 1.54) is 27.5 Å². The van der Waals surface area contributed by atoms with Crippen molar-refractivity contribution in [3.05, 3.63) is 52.7 Å². The highest BCUT2D eigenvalue weighted by Crippen LogP contribution is 2.29. The molecule has 0 bridgehead atoms. The summed E-state index contributed by atoms with van der Waals surface area (Å²) in [6.07, 6.45) is 3.78. The normalized spacial score (nSPS) is 12.5. The molecule has 0 N–H and O–H groups in total. The van der Waals surface area contributed by atoms with Crippen LogP contribution in [0.25, 0.3) is 23.3 Å². The first-order valence-electron chi connectivity index (χ1n) is 5.02. The fraction of sp³-hybridized carbons (Fsp3) is 0.0714. The molecular weight excluding hydrogens is 182 g/mol. The van der Waals surface area contributed by atoms with Crippen molar-refractivity contribution in [2.45, 2.75) is 6.92 Å². The van der Waals surface area contributed by atoms with Crippen molar-refractivity contribution in [2.75, 3.05) is 0 Å². The van der Waals surface area contributed by atoms with Gasteiger partial charge in [-0.1, -0.05) is 24.8 Å². The average Bonchev–Trinajstić information content (AvgIpc) is 2.55. The molecule has 0 spiro atoms. The van der Waals surface area contributed by atoms with Gasteiger partial charge in [-0.2, -0.15) is 0 Å². The van der Waals surface area contributed by atoms with E-state index in [4.69, 9.17) is 0 Å². The third kappa shape index (κ3) is 1.00. The molecule has 1 nitrogen and oxygen atoms in total. The van der Waals surface area contributed by atoms with Gasteiger partial charge >= 0.3 is 0 Å². The molecule has 0 aliphatic heterocycles. The van der Waals surface area contributed by atoms with Crippen LogP contribution in [-0.4, -0.2) is 4.98 Å². The molecule has 2 aromatic rings. The lowest BCUT2D eigenvalue weighted by Crippen LogP contribution is -2.24. The molecule has 0 unspecified atom stereocenters. The summed E-state index contributed by atoms with van der Waals surface area (Å²) in [5.41, 5.74) is 5.10. The van der Waals surface area contributed by atoms with Gasteiger partial charge in [0.2, 0.25) is 0 Å². The van der Waals surface area contributed by atoms with Gasteiger partial charge in [-0.25, -0.2) is 0 Å². The first-order valence-corrected chi connectivity index (χ1v) is 5.02. The molecular formula is C14H11N. The maximum Gasteiger partial charge on any atom is 0.0352 e. The van der Waals surface area contributed by atoms with Crippen LogP contribution in [0.4, 0.5) is 0 Å². The third-order valence-corrected chi connectivity index (χ3v) is 3.04. The fourth-order valence-corrected chi connectivity index (χ4v) is 2.34. The van der Waals surface area contributed by atoms with Crippen LogP contribution in [0.1, 0.15) is 12.5 Å². The predicted molar refractivity (Wildman–Crippen MR) is 62.6 cm³/mol. The quantitative estimate of drug-likeness (QED) is 0.620. The summed E-state index contributed by atoms with van der Waals surface area (Å²) in [7, 11) is 0. The summed E-state index contributed by atoms with van der Waals surface area (Å²) in [5.74, 6) is 0. The molecule has 0 atom stereocenters. The Morgan fingerprint density at radius 1 is 1.07 bits per heavy atom. The molecule has 0 radical (unpaired) electrons. The molecule has 1 aromatic carbocycles. The SMILES string of the molecule is C=c1cccc2c1=C(C)c1ccncc1-2. The molecule has 15 heavy (non-hydrogen) atoms. The minimum Gasteiger partial charge on any atom is -0.264 e. The molecule has 3 rings (SSSR count). The maximum absolute atomic E-state index is 4.19. The molecule has 0 saturated carbocycles. The first-order chi connectivity index (χ1) is 7.29. The fourth-order valence-electron chi connectivity index (χ4n) is 2.34. The zero-order valence-electron chi connectivity index (χ0n) is 8.62. The van der Waals surface area contributed by atoms with E-state index >= 15 is 0 Å². The summed E-state index contributed by atoms with van der Waals surface area (Å²) >= 11 is 0. The van der Waals surface area contributed by atoms with E-state index in [0.29, 0.717) is 0 Å². The highest BCUT2D eigenvalue weighted by Gasteiger charge is 2.16. The lowest BCUT2D eigenvalue weighted by Gasteiger charge is -1.99. The Balaban J connectivity index is 2.58. The van der Waals surface area contributed by atoms with Crippen molar-refractivity contribution in [3.63, 3.8) is 0 Å². The van der Waals surface area contributed by atoms with Gasteiger partial charge in [-0.05, 0) is 40.1 Å². The van der Waals surface area contributed by atoms with Crippen LogP contribution < -0.4 is 10.4 Å². The van der Waals surface area contributed by atoms with Gasteiger partial charge in [0.15, 0.2) is 0 Å². The molecule has 1 heterocycles. The van der Waals surface area contributed by atoms with Crippen LogP contribution in [0.5, 0.6) is 0 Å². The Morgan fingerprint density at radius 3 is 2.80 bits per heavy atom. The number of hydrogen-bond acceptors (Lipinski definition) is 1. The van der Waals surface area contributed by atoms with Crippen LogP contribution in [0.3, 0.4) is 0 Å². The first kappa shape index (κ1) is 8.42. The van der Waals surface area contributed by atoms with Gasteiger partial charge in [0.25, 0.3) is 0 Å².